The standard InChI is InChI=1S/C16H18FN3O3/c1-10-5-6-11(8-12(10)17)19-16(23)15(22)18-9-14(21)13-4-3-7-20(13)2/h3-8,14,21H,9H2,1-2H3,(H,18,22)(H,19,23)/t14-/m0/s1. The van der Waals surface area contributed by atoms with E-state index in [1.165, 1.54) is 12.1 Å². The van der Waals surface area contributed by atoms with Crippen molar-refractivity contribution >= 4 is 17.5 Å². The summed E-state index contributed by atoms with van der Waals surface area (Å²) < 4.78 is 15.1. The molecule has 0 bridgehead atoms. The fraction of sp³-hybridized carbons (Fsp3) is 0.250. The third kappa shape index (κ3) is 4.17. The van der Waals surface area contributed by atoms with E-state index in [2.05, 4.69) is 10.6 Å². The number of aromatic nitrogens is 1. The molecule has 0 unspecified atom stereocenters. The first-order chi connectivity index (χ1) is 10.9. The van der Waals surface area contributed by atoms with Crippen molar-refractivity contribution < 1.29 is 19.1 Å². The molecule has 0 aliphatic heterocycles. The molecule has 1 aromatic heterocycles. The highest BCUT2D eigenvalue weighted by Gasteiger charge is 2.17. The summed E-state index contributed by atoms with van der Waals surface area (Å²) in [5, 5.41) is 14.6. The molecule has 1 atom stereocenters. The van der Waals surface area contributed by atoms with Crippen molar-refractivity contribution in [1.82, 2.24) is 9.88 Å². The van der Waals surface area contributed by atoms with Gasteiger partial charge in [0.1, 0.15) is 11.9 Å². The number of carbonyl (C=O) groups is 2. The zero-order valence-electron chi connectivity index (χ0n) is 12.8. The number of benzene rings is 1. The lowest BCUT2D eigenvalue weighted by Crippen LogP contribution is -2.37. The molecule has 2 aromatic rings. The van der Waals surface area contributed by atoms with E-state index in [1.54, 1.807) is 36.9 Å². The number of amides is 2. The van der Waals surface area contributed by atoms with Gasteiger partial charge in [0, 0.05) is 31.2 Å². The third-order valence-electron chi connectivity index (χ3n) is 3.42. The number of rotatable bonds is 4. The summed E-state index contributed by atoms with van der Waals surface area (Å²) in [6, 6.07) is 7.62. The SMILES string of the molecule is Cc1ccc(NC(=O)C(=O)NC[C@H](O)c2cccn2C)cc1F. The van der Waals surface area contributed by atoms with Crippen LogP contribution < -0.4 is 10.6 Å². The van der Waals surface area contributed by atoms with Gasteiger partial charge in [0.2, 0.25) is 0 Å². The first-order valence-electron chi connectivity index (χ1n) is 7.03. The summed E-state index contributed by atoms with van der Waals surface area (Å²) >= 11 is 0. The Hall–Kier alpha value is -2.67. The van der Waals surface area contributed by atoms with E-state index in [1.807, 2.05) is 0 Å². The number of nitrogens with zero attached hydrogens (tertiary/aromatic N) is 1. The van der Waals surface area contributed by atoms with E-state index < -0.39 is 23.7 Å². The molecule has 2 rings (SSSR count). The van der Waals surface area contributed by atoms with Gasteiger partial charge < -0.3 is 20.3 Å². The highest BCUT2D eigenvalue weighted by Crippen LogP contribution is 2.14. The molecule has 0 aliphatic carbocycles. The van der Waals surface area contributed by atoms with Gasteiger partial charge in [0.05, 0.1) is 0 Å². The van der Waals surface area contributed by atoms with Crippen LogP contribution in [0, 0.1) is 12.7 Å². The highest BCUT2D eigenvalue weighted by atomic mass is 19.1. The minimum absolute atomic E-state index is 0.105. The molecule has 1 aromatic carbocycles. The van der Waals surface area contributed by atoms with Crippen LogP contribution >= 0.6 is 0 Å². The molecule has 0 radical (unpaired) electrons. The maximum atomic E-state index is 13.4. The van der Waals surface area contributed by atoms with Crippen molar-refractivity contribution in [2.45, 2.75) is 13.0 Å². The Bertz CT molecular complexity index is 727. The average Bonchev–Trinajstić information content (AvgIpc) is 2.94. The normalized spacial score (nSPS) is 11.8. The van der Waals surface area contributed by atoms with Crippen molar-refractivity contribution in [1.29, 1.82) is 0 Å². The Kier molecular flexibility index (Phi) is 5.13. The van der Waals surface area contributed by atoms with Crippen LogP contribution in [0.4, 0.5) is 10.1 Å². The molecule has 0 aliphatic rings. The van der Waals surface area contributed by atoms with E-state index in [0.717, 1.165) is 6.07 Å². The Morgan fingerprint density at radius 2 is 2.04 bits per heavy atom. The Balaban J connectivity index is 1.89. The van der Waals surface area contributed by atoms with Crippen molar-refractivity contribution in [3.63, 3.8) is 0 Å². The molecule has 1 heterocycles. The maximum absolute atomic E-state index is 13.4. The summed E-state index contributed by atoms with van der Waals surface area (Å²) in [6.07, 6.45) is 0.836. The molecule has 0 saturated heterocycles. The summed E-state index contributed by atoms with van der Waals surface area (Å²) in [7, 11) is 1.76. The zero-order chi connectivity index (χ0) is 17.0. The number of aliphatic hydroxyl groups excluding tert-OH is 1. The molecule has 0 spiro atoms. The van der Waals surface area contributed by atoms with Gasteiger partial charge >= 0.3 is 11.8 Å². The van der Waals surface area contributed by atoms with Crippen molar-refractivity contribution in [2.24, 2.45) is 7.05 Å². The number of halogens is 1. The maximum Gasteiger partial charge on any atom is 0.313 e. The lowest BCUT2D eigenvalue weighted by Gasteiger charge is -2.13. The lowest BCUT2D eigenvalue weighted by molar-refractivity contribution is -0.136. The van der Waals surface area contributed by atoms with Crippen molar-refractivity contribution in [3.05, 3.63) is 53.6 Å². The van der Waals surface area contributed by atoms with Crippen LogP contribution in [0.1, 0.15) is 17.4 Å². The number of nitrogens with one attached hydrogen (secondary N) is 2. The Morgan fingerprint density at radius 1 is 1.30 bits per heavy atom. The first kappa shape index (κ1) is 16.7. The summed E-state index contributed by atoms with van der Waals surface area (Å²) in [5.41, 5.74) is 1.25. The van der Waals surface area contributed by atoms with Gasteiger partial charge in [-0.3, -0.25) is 9.59 Å². The average molecular weight is 319 g/mol. The van der Waals surface area contributed by atoms with Gasteiger partial charge in [-0.2, -0.15) is 0 Å². The minimum Gasteiger partial charge on any atom is -0.385 e. The zero-order valence-corrected chi connectivity index (χ0v) is 12.8. The van der Waals surface area contributed by atoms with Crippen LogP contribution in [0.5, 0.6) is 0 Å². The van der Waals surface area contributed by atoms with Gasteiger partial charge in [-0.25, -0.2) is 4.39 Å². The van der Waals surface area contributed by atoms with Gasteiger partial charge in [0.25, 0.3) is 0 Å². The van der Waals surface area contributed by atoms with Gasteiger partial charge in [0.15, 0.2) is 0 Å². The topological polar surface area (TPSA) is 83.4 Å². The van der Waals surface area contributed by atoms with Crippen LogP contribution in [0.25, 0.3) is 0 Å². The lowest BCUT2D eigenvalue weighted by atomic mass is 10.2. The predicted molar refractivity (Wildman–Crippen MR) is 83.1 cm³/mol. The second-order valence-electron chi connectivity index (χ2n) is 5.19. The van der Waals surface area contributed by atoms with Gasteiger partial charge in [-0.1, -0.05) is 6.07 Å². The number of aliphatic hydroxyl groups is 1. The molecule has 0 fully saturated rings. The molecule has 0 saturated carbocycles. The largest absolute Gasteiger partial charge is 0.385 e. The van der Waals surface area contributed by atoms with Crippen molar-refractivity contribution in [3.8, 4) is 0 Å². The number of anilines is 1. The first-order valence-corrected chi connectivity index (χ1v) is 7.03. The smallest absolute Gasteiger partial charge is 0.313 e. The molecule has 7 heteroatoms. The van der Waals surface area contributed by atoms with Crippen LogP contribution in [0.2, 0.25) is 0 Å². The van der Waals surface area contributed by atoms with Crippen LogP contribution in [-0.4, -0.2) is 28.0 Å². The van der Waals surface area contributed by atoms with Gasteiger partial charge in [-0.05, 0) is 36.8 Å². The third-order valence-corrected chi connectivity index (χ3v) is 3.42. The molecule has 23 heavy (non-hydrogen) atoms. The fourth-order valence-corrected chi connectivity index (χ4v) is 2.05. The fourth-order valence-electron chi connectivity index (χ4n) is 2.05. The van der Waals surface area contributed by atoms with Gasteiger partial charge in [-0.15, -0.1) is 0 Å². The molecular weight excluding hydrogens is 301 g/mol. The quantitative estimate of drug-likeness (QED) is 0.742. The molecule has 3 N–H and O–H groups in total. The van der Waals surface area contributed by atoms with E-state index >= 15 is 0 Å². The second-order valence-corrected chi connectivity index (χ2v) is 5.19. The number of hydrogen-bond acceptors (Lipinski definition) is 3. The molecular formula is C16H18FN3O3. The monoisotopic (exact) mass is 319 g/mol. The summed E-state index contributed by atoms with van der Waals surface area (Å²) in [6.45, 7) is 1.49. The summed E-state index contributed by atoms with van der Waals surface area (Å²) in [4.78, 5) is 23.5. The molecule has 122 valence electrons. The highest BCUT2D eigenvalue weighted by molar-refractivity contribution is 6.39. The van der Waals surface area contributed by atoms with E-state index in [4.69, 9.17) is 0 Å². The Labute approximate surface area is 132 Å². The number of aryl methyl sites for hydroxylation is 2. The van der Waals surface area contributed by atoms with E-state index in [-0.39, 0.29) is 12.2 Å². The second kappa shape index (κ2) is 7.06. The predicted octanol–water partition coefficient (Wildman–Crippen LogP) is 1.26. The Morgan fingerprint density at radius 3 is 2.65 bits per heavy atom. The van der Waals surface area contributed by atoms with E-state index in [9.17, 15) is 19.1 Å². The van der Waals surface area contributed by atoms with Crippen LogP contribution in [0.3, 0.4) is 0 Å². The molecule has 6 nitrogen and oxygen atoms in total. The van der Waals surface area contributed by atoms with Crippen LogP contribution in [-0.2, 0) is 16.6 Å². The molecule has 2 amide bonds. The number of hydrogen-bond donors (Lipinski definition) is 3. The minimum atomic E-state index is -0.927. The van der Waals surface area contributed by atoms with Crippen LogP contribution in [0.15, 0.2) is 36.5 Å². The van der Waals surface area contributed by atoms with E-state index in [0.29, 0.717) is 11.3 Å². The summed E-state index contributed by atoms with van der Waals surface area (Å²) in [5.74, 6) is -2.30. The van der Waals surface area contributed by atoms with Crippen molar-refractivity contribution in [2.75, 3.05) is 11.9 Å². The number of carbonyl (C=O) groups excluding carboxylic acids is 2.